The SMILES string of the molecule is CN1CCCC1CCn1ccc2cc(CNC(=N)C3=CCCS3)ccc21. The first kappa shape index (κ1) is 17.7. The maximum atomic E-state index is 8.15. The summed E-state index contributed by atoms with van der Waals surface area (Å²) in [6, 6.07) is 9.64. The van der Waals surface area contributed by atoms with Crippen LogP contribution in [0.3, 0.4) is 0 Å². The first-order chi connectivity index (χ1) is 12.7. The molecule has 5 heteroatoms. The summed E-state index contributed by atoms with van der Waals surface area (Å²) in [6.07, 6.45) is 9.37. The van der Waals surface area contributed by atoms with Gasteiger partial charge in [-0.05, 0) is 68.4 Å². The Morgan fingerprint density at radius 1 is 1.35 bits per heavy atom. The predicted molar refractivity (Wildman–Crippen MR) is 112 cm³/mol. The number of benzene rings is 1. The summed E-state index contributed by atoms with van der Waals surface area (Å²) in [7, 11) is 2.25. The van der Waals surface area contributed by atoms with Gasteiger partial charge in [0.2, 0.25) is 0 Å². The third-order valence-corrected chi connectivity index (χ3v) is 6.75. The predicted octanol–water partition coefficient (Wildman–Crippen LogP) is 4.21. The van der Waals surface area contributed by atoms with Crippen LogP contribution < -0.4 is 5.32 Å². The summed E-state index contributed by atoms with van der Waals surface area (Å²) in [5, 5.41) is 12.7. The second-order valence-corrected chi connectivity index (χ2v) is 8.54. The van der Waals surface area contributed by atoms with Crippen LogP contribution in [-0.4, -0.2) is 40.7 Å². The average Bonchev–Trinajstić information content (AvgIpc) is 3.39. The number of fused-ring (bicyclic) bond motifs is 1. The van der Waals surface area contributed by atoms with Gasteiger partial charge in [-0.1, -0.05) is 12.1 Å². The Bertz CT molecular complexity index is 823. The lowest BCUT2D eigenvalue weighted by Gasteiger charge is -2.19. The number of nitrogens with zero attached hydrogens (tertiary/aromatic N) is 2. The van der Waals surface area contributed by atoms with E-state index in [2.05, 4.69) is 58.4 Å². The third-order valence-electron chi connectivity index (χ3n) is 5.63. The molecule has 2 aromatic rings. The van der Waals surface area contributed by atoms with Crippen molar-refractivity contribution in [2.24, 2.45) is 0 Å². The monoisotopic (exact) mass is 368 g/mol. The number of aryl methyl sites for hydroxylation is 1. The van der Waals surface area contributed by atoms with E-state index in [9.17, 15) is 0 Å². The topological polar surface area (TPSA) is 44.0 Å². The molecule has 4 rings (SSSR count). The number of nitrogens with one attached hydrogen (secondary N) is 2. The van der Waals surface area contributed by atoms with Gasteiger partial charge >= 0.3 is 0 Å². The highest BCUT2D eigenvalue weighted by atomic mass is 32.2. The van der Waals surface area contributed by atoms with Gasteiger partial charge in [0.25, 0.3) is 0 Å². The molecule has 0 aliphatic carbocycles. The normalized spacial score (nSPS) is 20.7. The first-order valence-electron chi connectivity index (χ1n) is 9.64. The van der Waals surface area contributed by atoms with Gasteiger partial charge in [0.1, 0.15) is 5.84 Å². The summed E-state index contributed by atoms with van der Waals surface area (Å²) in [4.78, 5) is 3.59. The zero-order chi connectivity index (χ0) is 17.9. The number of aromatic nitrogens is 1. The molecule has 0 saturated carbocycles. The molecule has 2 N–H and O–H groups in total. The summed E-state index contributed by atoms with van der Waals surface area (Å²) in [5.74, 6) is 1.67. The lowest BCUT2D eigenvalue weighted by Crippen LogP contribution is -2.25. The number of rotatable bonds is 6. The molecule has 3 heterocycles. The number of thioether (sulfide) groups is 1. The molecule has 138 valence electrons. The molecule has 0 bridgehead atoms. The first-order valence-corrected chi connectivity index (χ1v) is 10.6. The molecule has 1 saturated heterocycles. The maximum Gasteiger partial charge on any atom is 0.131 e. The second kappa shape index (κ2) is 7.89. The van der Waals surface area contributed by atoms with Crippen molar-refractivity contribution in [3.63, 3.8) is 0 Å². The smallest absolute Gasteiger partial charge is 0.131 e. The molecule has 0 radical (unpaired) electrons. The zero-order valence-electron chi connectivity index (χ0n) is 15.5. The quantitative estimate of drug-likeness (QED) is 0.593. The highest BCUT2D eigenvalue weighted by Gasteiger charge is 2.20. The fraction of sp³-hybridized carbons (Fsp3) is 0.476. The lowest BCUT2D eigenvalue weighted by atomic mass is 10.1. The number of likely N-dealkylation sites (tertiary alicyclic amines) is 1. The van der Waals surface area contributed by atoms with E-state index in [1.807, 2.05) is 0 Å². The Morgan fingerprint density at radius 2 is 2.27 bits per heavy atom. The number of allylic oxidation sites excluding steroid dienone is 1. The van der Waals surface area contributed by atoms with Gasteiger partial charge in [-0.15, -0.1) is 11.8 Å². The minimum atomic E-state index is 0.561. The second-order valence-electron chi connectivity index (χ2n) is 7.40. The van der Waals surface area contributed by atoms with Crippen LogP contribution in [0.5, 0.6) is 0 Å². The third kappa shape index (κ3) is 3.84. The van der Waals surface area contributed by atoms with Gasteiger partial charge in [0, 0.05) is 41.5 Å². The molecule has 0 amide bonds. The van der Waals surface area contributed by atoms with Crippen LogP contribution in [0.4, 0.5) is 0 Å². The minimum absolute atomic E-state index is 0.561. The van der Waals surface area contributed by atoms with Gasteiger partial charge in [-0.2, -0.15) is 0 Å². The van der Waals surface area contributed by atoms with Gasteiger partial charge < -0.3 is 14.8 Å². The van der Waals surface area contributed by atoms with Crippen LogP contribution in [0.25, 0.3) is 10.9 Å². The highest BCUT2D eigenvalue weighted by molar-refractivity contribution is 8.04. The molecule has 1 aromatic heterocycles. The molecule has 1 unspecified atom stereocenters. The van der Waals surface area contributed by atoms with Crippen molar-refractivity contribution in [3.05, 3.63) is 47.0 Å². The molecule has 1 aromatic carbocycles. The maximum absolute atomic E-state index is 8.15. The van der Waals surface area contributed by atoms with Crippen LogP contribution in [0, 0.1) is 5.41 Å². The van der Waals surface area contributed by atoms with Crippen LogP contribution in [-0.2, 0) is 13.1 Å². The van der Waals surface area contributed by atoms with Crippen molar-refractivity contribution < 1.29 is 0 Å². The van der Waals surface area contributed by atoms with Crippen LogP contribution >= 0.6 is 11.8 Å². The van der Waals surface area contributed by atoms with E-state index < -0.39 is 0 Å². The molecule has 0 spiro atoms. The molecule has 2 aliphatic heterocycles. The highest BCUT2D eigenvalue weighted by Crippen LogP contribution is 2.25. The minimum Gasteiger partial charge on any atom is -0.366 e. The molecular formula is C21H28N4S. The van der Waals surface area contributed by atoms with E-state index in [4.69, 9.17) is 5.41 Å². The average molecular weight is 369 g/mol. The van der Waals surface area contributed by atoms with Crippen LogP contribution in [0.15, 0.2) is 41.4 Å². The summed E-state index contributed by atoms with van der Waals surface area (Å²) in [5.41, 5.74) is 2.55. The van der Waals surface area contributed by atoms with Crippen LogP contribution in [0.1, 0.15) is 31.2 Å². The van der Waals surface area contributed by atoms with Crippen molar-refractivity contribution in [1.82, 2.24) is 14.8 Å². The van der Waals surface area contributed by atoms with E-state index >= 15 is 0 Å². The van der Waals surface area contributed by atoms with Crippen molar-refractivity contribution in [3.8, 4) is 0 Å². The summed E-state index contributed by atoms with van der Waals surface area (Å²) >= 11 is 1.77. The Labute approximate surface area is 160 Å². The summed E-state index contributed by atoms with van der Waals surface area (Å²) in [6.45, 7) is 3.05. The largest absolute Gasteiger partial charge is 0.366 e. The molecule has 1 atom stereocenters. The van der Waals surface area contributed by atoms with Crippen LogP contribution in [0.2, 0.25) is 0 Å². The fourth-order valence-electron chi connectivity index (χ4n) is 4.06. The molecule has 1 fully saturated rings. The van der Waals surface area contributed by atoms with Crippen molar-refractivity contribution in [2.45, 2.75) is 44.8 Å². The Kier molecular flexibility index (Phi) is 5.36. The van der Waals surface area contributed by atoms with Gasteiger partial charge in [0.05, 0.1) is 0 Å². The number of hydrogen-bond donors (Lipinski definition) is 2. The Morgan fingerprint density at radius 3 is 3.04 bits per heavy atom. The number of amidine groups is 1. The van der Waals surface area contributed by atoms with E-state index in [0.717, 1.165) is 29.7 Å². The van der Waals surface area contributed by atoms with Gasteiger partial charge in [-0.25, -0.2) is 0 Å². The lowest BCUT2D eigenvalue weighted by molar-refractivity contribution is 0.287. The molecule has 4 nitrogen and oxygen atoms in total. The van der Waals surface area contributed by atoms with Crippen molar-refractivity contribution in [2.75, 3.05) is 19.3 Å². The van der Waals surface area contributed by atoms with Gasteiger partial charge in [0.15, 0.2) is 0 Å². The Hall–Kier alpha value is -1.72. The van der Waals surface area contributed by atoms with Crippen molar-refractivity contribution in [1.29, 1.82) is 5.41 Å². The molecule has 2 aliphatic rings. The molecular weight excluding hydrogens is 340 g/mol. The van der Waals surface area contributed by atoms with E-state index in [1.54, 1.807) is 11.8 Å². The van der Waals surface area contributed by atoms with Gasteiger partial charge in [-0.3, -0.25) is 5.41 Å². The standard InChI is InChI=1S/C21H28N4S/c1-24-10-2-4-18(24)9-12-25-11-8-17-14-16(6-7-19(17)25)15-23-21(22)20-5-3-13-26-20/h5-8,11,14,18H,2-4,9-10,12-13,15H2,1H3,(H2,22,23). The van der Waals surface area contributed by atoms with E-state index in [1.165, 1.54) is 42.3 Å². The number of hydrogen-bond acceptors (Lipinski definition) is 3. The molecule has 26 heavy (non-hydrogen) atoms. The fourth-order valence-corrected chi connectivity index (χ4v) is 4.96. The van der Waals surface area contributed by atoms with E-state index in [-0.39, 0.29) is 0 Å². The Balaban J connectivity index is 1.38. The van der Waals surface area contributed by atoms with Crippen molar-refractivity contribution >= 4 is 28.5 Å². The van der Waals surface area contributed by atoms with E-state index in [0.29, 0.717) is 12.4 Å². The zero-order valence-corrected chi connectivity index (χ0v) is 16.3. The summed E-state index contributed by atoms with van der Waals surface area (Å²) < 4.78 is 2.39.